The van der Waals surface area contributed by atoms with Gasteiger partial charge in [-0.3, -0.25) is 4.55 Å². The van der Waals surface area contributed by atoms with E-state index in [9.17, 15) is 8.42 Å². The zero-order valence-electron chi connectivity index (χ0n) is 9.78. The molecule has 5 nitrogen and oxygen atoms in total. The SMILES string of the molecule is Nc1cc2ccccc2[nH]1.O=S(=O)(O)c1cccs1. The summed E-state index contributed by atoms with van der Waals surface area (Å²) < 4.78 is 28.9. The molecular formula is C12H12N2O3S2. The molecule has 0 amide bonds. The van der Waals surface area contributed by atoms with Gasteiger partial charge in [-0.2, -0.15) is 8.42 Å². The van der Waals surface area contributed by atoms with Gasteiger partial charge in [-0.15, -0.1) is 11.3 Å². The summed E-state index contributed by atoms with van der Waals surface area (Å²) in [6.45, 7) is 0. The van der Waals surface area contributed by atoms with E-state index in [0.29, 0.717) is 0 Å². The number of fused-ring (bicyclic) bond motifs is 1. The van der Waals surface area contributed by atoms with Crippen LogP contribution in [-0.4, -0.2) is 18.0 Å². The summed E-state index contributed by atoms with van der Waals surface area (Å²) in [4.78, 5) is 3.04. The van der Waals surface area contributed by atoms with E-state index in [1.165, 1.54) is 11.5 Å². The van der Waals surface area contributed by atoms with Crippen molar-refractivity contribution < 1.29 is 13.0 Å². The molecule has 1 aromatic carbocycles. The van der Waals surface area contributed by atoms with Crippen LogP contribution in [0.1, 0.15) is 0 Å². The van der Waals surface area contributed by atoms with E-state index in [-0.39, 0.29) is 4.21 Å². The van der Waals surface area contributed by atoms with E-state index in [1.54, 1.807) is 11.4 Å². The summed E-state index contributed by atoms with van der Waals surface area (Å²) in [6.07, 6.45) is 0. The number of anilines is 1. The number of nitrogen functional groups attached to an aromatic ring is 1. The van der Waals surface area contributed by atoms with Crippen LogP contribution in [0.4, 0.5) is 5.82 Å². The molecule has 3 aromatic rings. The minimum atomic E-state index is -3.94. The van der Waals surface area contributed by atoms with Crippen LogP contribution >= 0.6 is 11.3 Å². The van der Waals surface area contributed by atoms with Crippen molar-refractivity contribution in [1.82, 2.24) is 4.98 Å². The third kappa shape index (κ3) is 3.57. The fourth-order valence-corrected chi connectivity index (χ4v) is 2.86. The molecule has 0 spiro atoms. The van der Waals surface area contributed by atoms with E-state index in [4.69, 9.17) is 10.3 Å². The highest BCUT2D eigenvalue weighted by molar-refractivity contribution is 7.88. The van der Waals surface area contributed by atoms with Crippen LogP contribution in [0.3, 0.4) is 0 Å². The van der Waals surface area contributed by atoms with E-state index < -0.39 is 10.1 Å². The fourth-order valence-electron chi connectivity index (χ4n) is 1.51. The van der Waals surface area contributed by atoms with Crippen molar-refractivity contribution in [2.75, 3.05) is 5.73 Å². The quantitative estimate of drug-likeness (QED) is 0.601. The van der Waals surface area contributed by atoms with Crippen molar-refractivity contribution in [3.05, 3.63) is 47.8 Å². The van der Waals surface area contributed by atoms with E-state index in [0.717, 1.165) is 22.7 Å². The summed E-state index contributed by atoms with van der Waals surface area (Å²) in [5, 5.41) is 2.75. The smallest absolute Gasteiger partial charge is 0.304 e. The summed E-state index contributed by atoms with van der Waals surface area (Å²) in [5.41, 5.74) is 6.63. The molecule has 0 bridgehead atoms. The summed E-state index contributed by atoms with van der Waals surface area (Å²) in [6, 6.07) is 12.9. The van der Waals surface area contributed by atoms with Gasteiger partial charge in [-0.05, 0) is 23.6 Å². The van der Waals surface area contributed by atoms with Crippen LogP contribution in [0.5, 0.6) is 0 Å². The largest absolute Gasteiger partial charge is 0.385 e. The number of rotatable bonds is 1. The second-order valence-electron chi connectivity index (χ2n) is 3.72. The molecule has 0 aliphatic heterocycles. The molecule has 0 saturated heterocycles. The molecule has 0 atom stereocenters. The number of aromatic amines is 1. The Morgan fingerprint density at radius 2 is 1.89 bits per heavy atom. The zero-order valence-corrected chi connectivity index (χ0v) is 11.4. The monoisotopic (exact) mass is 296 g/mol. The first-order valence-corrected chi connectivity index (χ1v) is 7.63. The van der Waals surface area contributed by atoms with Crippen LogP contribution in [0.25, 0.3) is 10.9 Å². The Bertz CT molecular complexity index is 728. The number of hydrogen-bond donors (Lipinski definition) is 3. The summed E-state index contributed by atoms with van der Waals surface area (Å²) >= 11 is 0.992. The summed E-state index contributed by atoms with van der Waals surface area (Å²) in [7, 11) is -3.94. The van der Waals surface area contributed by atoms with Gasteiger partial charge in [0, 0.05) is 10.9 Å². The van der Waals surface area contributed by atoms with Crippen molar-refractivity contribution in [3.63, 3.8) is 0 Å². The van der Waals surface area contributed by atoms with Gasteiger partial charge in [0.15, 0.2) is 0 Å². The first-order chi connectivity index (χ1) is 8.97. The second kappa shape index (κ2) is 5.43. The van der Waals surface area contributed by atoms with E-state index >= 15 is 0 Å². The lowest BCUT2D eigenvalue weighted by atomic mass is 10.3. The predicted octanol–water partition coefficient (Wildman–Crippen LogP) is 2.74. The van der Waals surface area contributed by atoms with E-state index in [2.05, 4.69) is 4.98 Å². The standard InChI is InChI=1S/C8H8N2.C4H4O3S2/c9-8-5-6-3-1-2-4-7(6)10-8;5-9(6,7)4-2-1-3-8-4/h1-5,10H,9H2;1-3H,(H,5,6,7). The lowest BCUT2D eigenvalue weighted by Gasteiger charge is -1.84. The molecule has 0 radical (unpaired) electrons. The second-order valence-corrected chi connectivity index (χ2v) is 6.32. The Kier molecular flexibility index (Phi) is 3.89. The van der Waals surface area contributed by atoms with Crippen molar-refractivity contribution in [2.45, 2.75) is 4.21 Å². The van der Waals surface area contributed by atoms with E-state index in [1.807, 2.05) is 30.3 Å². The number of benzene rings is 1. The van der Waals surface area contributed by atoms with Gasteiger partial charge < -0.3 is 10.7 Å². The third-order valence-corrected chi connectivity index (χ3v) is 4.53. The van der Waals surface area contributed by atoms with Gasteiger partial charge >= 0.3 is 10.1 Å². The average molecular weight is 296 g/mol. The minimum Gasteiger partial charge on any atom is -0.385 e. The van der Waals surface area contributed by atoms with Gasteiger partial charge in [0.1, 0.15) is 10.0 Å². The molecule has 0 aliphatic rings. The molecule has 7 heteroatoms. The van der Waals surface area contributed by atoms with Crippen LogP contribution in [0.15, 0.2) is 52.1 Å². The topological polar surface area (TPSA) is 96.2 Å². The number of aromatic nitrogens is 1. The molecule has 0 fully saturated rings. The Morgan fingerprint density at radius 1 is 1.16 bits per heavy atom. The van der Waals surface area contributed by atoms with Gasteiger partial charge in [0.2, 0.25) is 0 Å². The highest BCUT2D eigenvalue weighted by atomic mass is 32.3. The maximum absolute atomic E-state index is 10.3. The molecule has 2 heterocycles. The van der Waals surface area contributed by atoms with Crippen molar-refractivity contribution in [3.8, 4) is 0 Å². The van der Waals surface area contributed by atoms with Crippen LogP contribution in [0, 0.1) is 0 Å². The number of nitrogens with two attached hydrogens (primary N) is 1. The average Bonchev–Trinajstić information content (AvgIpc) is 2.96. The number of thiophene rings is 1. The Balaban J connectivity index is 0.000000141. The number of H-pyrrole nitrogens is 1. The number of para-hydroxylation sites is 1. The first-order valence-electron chi connectivity index (χ1n) is 5.31. The third-order valence-electron chi connectivity index (χ3n) is 2.30. The first kappa shape index (κ1) is 13.6. The molecule has 3 rings (SSSR count). The van der Waals surface area contributed by atoms with Crippen molar-refractivity contribution in [2.24, 2.45) is 0 Å². The van der Waals surface area contributed by atoms with Gasteiger partial charge in [0.25, 0.3) is 0 Å². The lowest BCUT2D eigenvalue weighted by Crippen LogP contribution is -1.92. The van der Waals surface area contributed by atoms with Gasteiger partial charge in [0.05, 0.1) is 0 Å². The number of nitrogens with one attached hydrogen (secondary N) is 1. The molecule has 19 heavy (non-hydrogen) atoms. The van der Waals surface area contributed by atoms with Gasteiger partial charge in [-0.25, -0.2) is 0 Å². The minimum absolute atomic E-state index is 0.0116. The molecular weight excluding hydrogens is 284 g/mol. The highest BCUT2D eigenvalue weighted by Gasteiger charge is 2.08. The zero-order chi connectivity index (χ0) is 13.9. The molecule has 0 aliphatic carbocycles. The molecule has 0 unspecified atom stereocenters. The van der Waals surface area contributed by atoms with Crippen LogP contribution in [0.2, 0.25) is 0 Å². The lowest BCUT2D eigenvalue weighted by molar-refractivity contribution is 0.485. The predicted molar refractivity (Wildman–Crippen MR) is 76.8 cm³/mol. The maximum Gasteiger partial charge on any atom is 0.304 e. The molecule has 100 valence electrons. The Labute approximate surface area is 114 Å². The maximum atomic E-state index is 10.3. The molecule has 4 N–H and O–H groups in total. The number of hydrogen-bond acceptors (Lipinski definition) is 4. The Morgan fingerprint density at radius 3 is 2.42 bits per heavy atom. The van der Waals surface area contributed by atoms with Crippen molar-refractivity contribution in [1.29, 1.82) is 0 Å². The van der Waals surface area contributed by atoms with Crippen molar-refractivity contribution >= 4 is 38.2 Å². The summed E-state index contributed by atoms with van der Waals surface area (Å²) in [5.74, 6) is 0.723. The van der Waals surface area contributed by atoms with Gasteiger partial charge in [-0.1, -0.05) is 24.3 Å². The fraction of sp³-hybridized carbons (Fsp3) is 0. The van der Waals surface area contributed by atoms with Crippen LogP contribution in [-0.2, 0) is 10.1 Å². The Hall–Kier alpha value is -1.83. The normalized spacial score (nSPS) is 11.0. The van der Waals surface area contributed by atoms with Crippen LogP contribution < -0.4 is 5.73 Å². The molecule has 0 saturated carbocycles. The molecule has 2 aromatic heterocycles. The highest BCUT2D eigenvalue weighted by Crippen LogP contribution is 2.15.